The molecule has 1 fully saturated rings. The van der Waals surface area contributed by atoms with Gasteiger partial charge in [-0.15, -0.1) is 0 Å². The number of nitrogens with one attached hydrogen (secondary N) is 1. The van der Waals surface area contributed by atoms with E-state index in [2.05, 4.69) is 4.72 Å². The SMILES string of the molecule is CCNS(=O)(=O)N1CC(CC(=O)O)C1. The summed E-state index contributed by atoms with van der Waals surface area (Å²) in [5, 5.41) is 8.46. The number of nitrogens with zero attached hydrogens (tertiary/aromatic N) is 1. The molecule has 6 nitrogen and oxygen atoms in total. The molecule has 1 aliphatic rings. The van der Waals surface area contributed by atoms with Crippen LogP contribution in [0.25, 0.3) is 0 Å². The van der Waals surface area contributed by atoms with Crippen LogP contribution in [0.2, 0.25) is 0 Å². The van der Waals surface area contributed by atoms with Crippen molar-refractivity contribution in [3.8, 4) is 0 Å². The Morgan fingerprint density at radius 1 is 1.57 bits per heavy atom. The van der Waals surface area contributed by atoms with Gasteiger partial charge in [-0.05, 0) is 5.92 Å². The lowest BCUT2D eigenvalue weighted by atomic mass is 10.00. The zero-order valence-electron chi connectivity index (χ0n) is 7.93. The maximum Gasteiger partial charge on any atom is 0.303 e. The molecule has 0 aromatic carbocycles. The topological polar surface area (TPSA) is 86.7 Å². The van der Waals surface area contributed by atoms with Crippen molar-refractivity contribution < 1.29 is 18.3 Å². The molecule has 82 valence electrons. The first-order valence-corrected chi connectivity index (χ1v) is 5.86. The van der Waals surface area contributed by atoms with Gasteiger partial charge in [0.15, 0.2) is 0 Å². The molecule has 0 unspecified atom stereocenters. The standard InChI is InChI=1S/C7H14N2O4S/c1-2-8-14(12,13)9-4-6(5-9)3-7(10)11/h6,8H,2-5H2,1H3,(H,10,11). The van der Waals surface area contributed by atoms with E-state index in [-0.39, 0.29) is 12.3 Å². The molecule has 0 atom stereocenters. The normalized spacial score (nSPS) is 19.2. The van der Waals surface area contributed by atoms with Gasteiger partial charge < -0.3 is 5.11 Å². The van der Waals surface area contributed by atoms with Crippen LogP contribution in [-0.4, -0.2) is 43.4 Å². The second-order valence-electron chi connectivity index (χ2n) is 3.28. The number of carboxylic acids is 1. The molecular weight excluding hydrogens is 208 g/mol. The van der Waals surface area contributed by atoms with E-state index in [1.807, 2.05) is 0 Å². The molecular formula is C7H14N2O4S. The molecule has 0 bridgehead atoms. The molecule has 0 saturated carbocycles. The van der Waals surface area contributed by atoms with Crippen molar-refractivity contribution in [3.05, 3.63) is 0 Å². The molecule has 2 N–H and O–H groups in total. The Morgan fingerprint density at radius 2 is 2.14 bits per heavy atom. The third kappa shape index (κ3) is 2.66. The van der Waals surface area contributed by atoms with Gasteiger partial charge >= 0.3 is 5.97 Å². The Morgan fingerprint density at radius 3 is 2.57 bits per heavy atom. The first kappa shape index (κ1) is 11.4. The molecule has 0 spiro atoms. The van der Waals surface area contributed by atoms with Crippen LogP contribution in [-0.2, 0) is 15.0 Å². The molecule has 0 radical (unpaired) electrons. The highest BCUT2D eigenvalue weighted by Crippen LogP contribution is 2.21. The zero-order valence-corrected chi connectivity index (χ0v) is 8.75. The van der Waals surface area contributed by atoms with E-state index in [0.717, 1.165) is 0 Å². The molecule has 0 amide bonds. The summed E-state index contributed by atoms with van der Waals surface area (Å²) < 4.78 is 26.2. The van der Waals surface area contributed by atoms with Crippen molar-refractivity contribution in [2.24, 2.45) is 5.92 Å². The minimum Gasteiger partial charge on any atom is -0.481 e. The van der Waals surface area contributed by atoms with Gasteiger partial charge in [0, 0.05) is 19.6 Å². The zero-order chi connectivity index (χ0) is 10.8. The number of hydrogen-bond acceptors (Lipinski definition) is 3. The molecule has 1 aliphatic heterocycles. The first-order valence-electron chi connectivity index (χ1n) is 4.42. The second-order valence-corrected chi connectivity index (χ2v) is 5.04. The quantitative estimate of drug-likeness (QED) is 0.640. The Labute approximate surface area is 83.1 Å². The number of rotatable bonds is 5. The van der Waals surface area contributed by atoms with Gasteiger partial charge in [0.25, 0.3) is 10.2 Å². The van der Waals surface area contributed by atoms with Crippen molar-refractivity contribution >= 4 is 16.2 Å². The molecule has 1 saturated heterocycles. The van der Waals surface area contributed by atoms with Gasteiger partial charge in [-0.3, -0.25) is 4.79 Å². The number of carbonyl (C=O) groups is 1. The highest BCUT2D eigenvalue weighted by Gasteiger charge is 2.36. The van der Waals surface area contributed by atoms with E-state index in [4.69, 9.17) is 5.11 Å². The lowest BCUT2D eigenvalue weighted by Gasteiger charge is -2.36. The van der Waals surface area contributed by atoms with Gasteiger partial charge in [-0.25, -0.2) is 4.72 Å². The summed E-state index contributed by atoms with van der Waals surface area (Å²) in [4.78, 5) is 10.3. The average Bonchev–Trinajstić information content (AvgIpc) is 1.94. The summed E-state index contributed by atoms with van der Waals surface area (Å²) >= 11 is 0. The largest absolute Gasteiger partial charge is 0.481 e. The van der Waals surface area contributed by atoms with Gasteiger partial charge in [0.1, 0.15) is 0 Å². The molecule has 14 heavy (non-hydrogen) atoms. The van der Waals surface area contributed by atoms with Crippen LogP contribution in [0.5, 0.6) is 0 Å². The lowest BCUT2D eigenvalue weighted by molar-refractivity contribution is -0.139. The third-order valence-corrected chi connectivity index (χ3v) is 3.69. The fraction of sp³-hybridized carbons (Fsp3) is 0.857. The van der Waals surface area contributed by atoms with Crippen molar-refractivity contribution in [1.82, 2.24) is 9.03 Å². The summed E-state index contributed by atoms with van der Waals surface area (Å²) in [6.07, 6.45) is 0.0398. The van der Waals surface area contributed by atoms with Crippen molar-refractivity contribution in [2.75, 3.05) is 19.6 Å². The van der Waals surface area contributed by atoms with Crippen LogP contribution >= 0.6 is 0 Å². The average molecular weight is 222 g/mol. The summed E-state index contributed by atoms with van der Waals surface area (Å²) in [6.45, 7) is 2.66. The summed E-state index contributed by atoms with van der Waals surface area (Å²) in [6, 6.07) is 0. The Kier molecular flexibility index (Phi) is 3.46. The fourth-order valence-corrected chi connectivity index (χ4v) is 2.73. The number of aliphatic carboxylic acids is 1. The minimum atomic E-state index is -3.35. The smallest absolute Gasteiger partial charge is 0.303 e. The molecule has 1 heterocycles. The predicted octanol–water partition coefficient (Wildman–Crippen LogP) is -0.753. The lowest BCUT2D eigenvalue weighted by Crippen LogP contribution is -2.54. The Hall–Kier alpha value is -0.660. The van der Waals surface area contributed by atoms with Gasteiger partial charge in [0.2, 0.25) is 0 Å². The van der Waals surface area contributed by atoms with E-state index in [0.29, 0.717) is 19.6 Å². The van der Waals surface area contributed by atoms with Crippen molar-refractivity contribution in [1.29, 1.82) is 0 Å². The highest BCUT2D eigenvalue weighted by atomic mass is 32.2. The first-order chi connectivity index (χ1) is 6.45. The van der Waals surface area contributed by atoms with Crippen molar-refractivity contribution in [3.63, 3.8) is 0 Å². The van der Waals surface area contributed by atoms with Gasteiger partial charge in [0.05, 0.1) is 6.42 Å². The van der Waals surface area contributed by atoms with E-state index in [1.165, 1.54) is 4.31 Å². The van der Waals surface area contributed by atoms with E-state index >= 15 is 0 Å². The van der Waals surface area contributed by atoms with E-state index in [1.54, 1.807) is 6.92 Å². The second kappa shape index (κ2) is 4.24. The maximum absolute atomic E-state index is 11.3. The van der Waals surface area contributed by atoms with Crippen LogP contribution in [0.15, 0.2) is 0 Å². The minimum absolute atomic E-state index is 0.0398. The van der Waals surface area contributed by atoms with E-state index < -0.39 is 16.2 Å². The molecule has 7 heteroatoms. The van der Waals surface area contributed by atoms with E-state index in [9.17, 15) is 13.2 Å². The van der Waals surface area contributed by atoms with Crippen LogP contribution in [0.4, 0.5) is 0 Å². The monoisotopic (exact) mass is 222 g/mol. The van der Waals surface area contributed by atoms with Crippen molar-refractivity contribution in [2.45, 2.75) is 13.3 Å². The fourth-order valence-electron chi connectivity index (χ4n) is 1.37. The van der Waals surface area contributed by atoms with Crippen LogP contribution in [0.3, 0.4) is 0 Å². The summed E-state index contributed by atoms with van der Waals surface area (Å²) in [5.41, 5.74) is 0. The van der Waals surface area contributed by atoms with Crippen LogP contribution in [0.1, 0.15) is 13.3 Å². The number of carboxylic acid groups (broad SMARTS) is 1. The van der Waals surface area contributed by atoms with Crippen LogP contribution < -0.4 is 4.72 Å². The Bertz CT molecular complexity index is 308. The maximum atomic E-state index is 11.3. The summed E-state index contributed by atoms with van der Waals surface area (Å²) in [7, 11) is -3.35. The highest BCUT2D eigenvalue weighted by molar-refractivity contribution is 7.87. The predicted molar refractivity (Wildman–Crippen MR) is 49.9 cm³/mol. The molecule has 0 aromatic heterocycles. The van der Waals surface area contributed by atoms with Gasteiger partial charge in [-0.2, -0.15) is 12.7 Å². The molecule has 0 aliphatic carbocycles. The van der Waals surface area contributed by atoms with Crippen LogP contribution in [0, 0.1) is 5.92 Å². The summed E-state index contributed by atoms with van der Waals surface area (Å²) in [5.74, 6) is -0.920. The third-order valence-electron chi connectivity index (χ3n) is 2.05. The van der Waals surface area contributed by atoms with Gasteiger partial charge in [-0.1, -0.05) is 6.92 Å². The molecule has 0 aromatic rings. The molecule has 1 rings (SSSR count). The number of hydrogen-bond donors (Lipinski definition) is 2. The Balaban J connectivity index is 2.37.